The van der Waals surface area contributed by atoms with Gasteiger partial charge in [0.25, 0.3) is 0 Å². The first-order chi connectivity index (χ1) is 10.1. The van der Waals surface area contributed by atoms with Crippen molar-refractivity contribution in [3.8, 4) is 6.07 Å². The minimum absolute atomic E-state index is 0.0631. The van der Waals surface area contributed by atoms with Gasteiger partial charge in [0.2, 0.25) is 5.91 Å². The van der Waals surface area contributed by atoms with Crippen LogP contribution in [0.5, 0.6) is 0 Å². The van der Waals surface area contributed by atoms with E-state index >= 15 is 0 Å². The minimum atomic E-state index is -0.395. The second-order valence-electron chi connectivity index (χ2n) is 4.76. The van der Waals surface area contributed by atoms with Crippen LogP contribution in [0.3, 0.4) is 0 Å². The lowest BCUT2D eigenvalue weighted by atomic mass is 10.1. The number of thiol groups is 1. The van der Waals surface area contributed by atoms with E-state index < -0.39 is 5.25 Å². The smallest absolute Gasteiger partial charge is 0.239 e. The molecule has 0 spiro atoms. The summed E-state index contributed by atoms with van der Waals surface area (Å²) in [5, 5.41) is 8.39. The summed E-state index contributed by atoms with van der Waals surface area (Å²) in [6.07, 6.45) is 0.587. The van der Waals surface area contributed by atoms with Crippen molar-refractivity contribution in [2.45, 2.75) is 11.7 Å². The van der Waals surface area contributed by atoms with Crippen LogP contribution in [0.2, 0.25) is 0 Å². The van der Waals surface area contributed by atoms with Gasteiger partial charge in [0.05, 0.1) is 16.9 Å². The van der Waals surface area contributed by atoms with Crippen molar-refractivity contribution < 1.29 is 4.79 Å². The summed E-state index contributed by atoms with van der Waals surface area (Å²) in [4.78, 5) is 14.0. The van der Waals surface area contributed by atoms with Gasteiger partial charge >= 0.3 is 0 Å². The number of benzene rings is 2. The van der Waals surface area contributed by atoms with Crippen LogP contribution in [0, 0.1) is 11.3 Å². The molecular formula is C17H16N2OS. The van der Waals surface area contributed by atoms with Crippen molar-refractivity contribution in [2.75, 3.05) is 11.9 Å². The molecule has 0 aromatic heterocycles. The molecule has 0 radical (unpaired) electrons. The molecule has 1 unspecified atom stereocenters. The molecule has 4 heteroatoms. The van der Waals surface area contributed by atoms with E-state index in [9.17, 15) is 4.79 Å². The lowest BCUT2D eigenvalue weighted by molar-refractivity contribution is -0.117. The molecule has 3 nitrogen and oxygen atoms in total. The largest absolute Gasteiger partial charge is 0.315 e. The Morgan fingerprint density at radius 3 is 2.38 bits per heavy atom. The summed E-state index contributed by atoms with van der Waals surface area (Å²) in [5.74, 6) is -0.0631. The Labute approximate surface area is 130 Å². The molecule has 0 fully saturated rings. The fraction of sp³-hybridized carbons (Fsp3) is 0.176. The summed E-state index contributed by atoms with van der Waals surface area (Å²) in [7, 11) is 1.72. The van der Waals surface area contributed by atoms with E-state index in [0.717, 1.165) is 11.3 Å². The molecular weight excluding hydrogens is 280 g/mol. The van der Waals surface area contributed by atoms with Crippen molar-refractivity contribution in [2.24, 2.45) is 0 Å². The normalized spacial score (nSPS) is 11.5. The molecule has 1 amide bonds. The molecule has 0 bridgehead atoms. The van der Waals surface area contributed by atoms with Crippen LogP contribution in [0.25, 0.3) is 0 Å². The number of nitrogens with zero attached hydrogens (tertiary/aromatic N) is 2. The van der Waals surface area contributed by atoms with E-state index in [1.165, 1.54) is 0 Å². The molecule has 0 aliphatic rings. The highest BCUT2D eigenvalue weighted by molar-refractivity contribution is 7.81. The van der Waals surface area contributed by atoms with Crippen molar-refractivity contribution in [1.29, 1.82) is 5.26 Å². The number of carbonyl (C=O) groups is 1. The quantitative estimate of drug-likeness (QED) is 0.881. The molecule has 2 rings (SSSR count). The molecule has 2 aromatic rings. The highest BCUT2D eigenvalue weighted by Crippen LogP contribution is 2.17. The lowest BCUT2D eigenvalue weighted by Crippen LogP contribution is -2.34. The van der Waals surface area contributed by atoms with Gasteiger partial charge in [-0.25, -0.2) is 0 Å². The SMILES string of the molecule is CN(C(=O)C(S)Cc1ccccc1)c1ccc(C#N)cc1. The standard InChI is InChI=1S/C17H16N2OS/c1-19(15-9-7-14(12-18)8-10-15)17(20)16(21)11-13-5-3-2-4-6-13/h2-10,16,21H,11H2,1H3. The zero-order chi connectivity index (χ0) is 15.2. The van der Waals surface area contributed by atoms with E-state index in [-0.39, 0.29) is 5.91 Å². The molecule has 0 saturated carbocycles. The monoisotopic (exact) mass is 296 g/mol. The van der Waals surface area contributed by atoms with Crippen molar-refractivity contribution >= 4 is 24.2 Å². The van der Waals surface area contributed by atoms with Crippen LogP contribution in [0.1, 0.15) is 11.1 Å². The Bertz CT molecular complexity index is 647. The first kappa shape index (κ1) is 15.1. The molecule has 21 heavy (non-hydrogen) atoms. The van der Waals surface area contributed by atoms with Gasteiger partial charge in [0.1, 0.15) is 0 Å². The van der Waals surface area contributed by atoms with Gasteiger partial charge in [-0.2, -0.15) is 17.9 Å². The predicted octanol–water partition coefficient (Wildman–Crippen LogP) is 3.06. The van der Waals surface area contributed by atoms with Gasteiger partial charge in [0.15, 0.2) is 0 Å². The summed E-state index contributed by atoms with van der Waals surface area (Å²) in [6.45, 7) is 0. The fourth-order valence-electron chi connectivity index (χ4n) is 2.04. The number of carbonyl (C=O) groups excluding carboxylic acids is 1. The Morgan fingerprint density at radius 1 is 1.19 bits per heavy atom. The molecule has 0 N–H and O–H groups in total. The molecule has 0 heterocycles. The molecule has 0 aliphatic carbocycles. The van der Waals surface area contributed by atoms with Crippen molar-refractivity contribution in [3.63, 3.8) is 0 Å². The van der Waals surface area contributed by atoms with E-state index in [1.807, 2.05) is 30.3 Å². The maximum atomic E-state index is 12.4. The highest BCUT2D eigenvalue weighted by atomic mass is 32.1. The molecule has 0 saturated heterocycles. The third-order valence-corrected chi connectivity index (χ3v) is 3.67. The lowest BCUT2D eigenvalue weighted by Gasteiger charge is -2.21. The first-order valence-electron chi connectivity index (χ1n) is 6.61. The van der Waals surface area contributed by atoms with Gasteiger partial charge in [0, 0.05) is 12.7 Å². The Balaban J connectivity index is 2.05. The van der Waals surface area contributed by atoms with Gasteiger partial charge < -0.3 is 4.90 Å². The maximum absolute atomic E-state index is 12.4. The third kappa shape index (κ3) is 3.87. The summed E-state index contributed by atoms with van der Waals surface area (Å²) >= 11 is 4.42. The number of hydrogen-bond acceptors (Lipinski definition) is 3. The number of amides is 1. The van der Waals surface area contributed by atoms with Crippen LogP contribution in [0.15, 0.2) is 54.6 Å². The summed E-state index contributed by atoms with van der Waals surface area (Å²) in [6, 6.07) is 18.8. The van der Waals surface area contributed by atoms with Gasteiger partial charge in [-0.1, -0.05) is 30.3 Å². The Kier molecular flexibility index (Phi) is 5.02. The van der Waals surface area contributed by atoms with Crippen LogP contribution >= 0.6 is 12.6 Å². The van der Waals surface area contributed by atoms with Crippen LogP contribution in [-0.4, -0.2) is 18.2 Å². The molecule has 1 atom stereocenters. The zero-order valence-electron chi connectivity index (χ0n) is 11.7. The maximum Gasteiger partial charge on any atom is 0.239 e. The van der Waals surface area contributed by atoms with E-state index in [2.05, 4.69) is 18.7 Å². The summed E-state index contributed by atoms with van der Waals surface area (Å²) in [5.41, 5.74) is 2.41. The van der Waals surface area contributed by atoms with Crippen LogP contribution in [0.4, 0.5) is 5.69 Å². The second-order valence-corrected chi connectivity index (χ2v) is 5.38. The molecule has 2 aromatic carbocycles. The average molecular weight is 296 g/mol. The number of anilines is 1. The predicted molar refractivity (Wildman–Crippen MR) is 87.5 cm³/mol. The summed E-state index contributed by atoms with van der Waals surface area (Å²) < 4.78 is 0. The molecule has 106 valence electrons. The number of nitriles is 1. The topological polar surface area (TPSA) is 44.1 Å². The van der Waals surface area contributed by atoms with E-state index in [4.69, 9.17) is 5.26 Å². The Hall–Kier alpha value is -2.25. The zero-order valence-corrected chi connectivity index (χ0v) is 12.6. The van der Waals surface area contributed by atoms with Gasteiger partial charge in [-0.15, -0.1) is 0 Å². The number of hydrogen-bond donors (Lipinski definition) is 1. The van der Waals surface area contributed by atoms with Gasteiger partial charge in [-0.3, -0.25) is 4.79 Å². The van der Waals surface area contributed by atoms with Crippen molar-refractivity contribution in [1.82, 2.24) is 0 Å². The van der Waals surface area contributed by atoms with Crippen LogP contribution in [-0.2, 0) is 11.2 Å². The van der Waals surface area contributed by atoms with Crippen LogP contribution < -0.4 is 4.90 Å². The number of rotatable bonds is 4. The van der Waals surface area contributed by atoms with E-state index in [1.54, 1.807) is 36.2 Å². The highest BCUT2D eigenvalue weighted by Gasteiger charge is 2.19. The molecule has 0 aliphatic heterocycles. The van der Waals surface area contributed by atoms with Gasteiger partial charge in [-0.05, 0) is 36.2 Å². The first-order valence-corrected chi connectivity index (χ1v) is 7.13. The third-order valence-electron chi connectivity index (χ3n) is 3.27. The fourth-order valence-corrected chi connectivity index (χ4v) is 2.42. The minimum Gasteiger partial charge on any atom is -0.315 e. The van der Waals surface area contributed by atoms with E-state index in [0.29, 0.717) is 12.0 Å². The van der Waals surface area contributed by atoms with Crippen molar-refractivity contribution in [3.05, 3.63) is 65.7 Å². The Morgan fingerprint density at radius 2 is 1.81 bits per heavy atom. The second kappa shape index (κ2) is 6.96. The average Bonchev–Trinajstić information content (AvgIpc) is 2.54.